The second-order valence-corrected chi connectivity index (χ2v) is 10.3. The number of nitrogens with one attached hydrogen (secondary N) is 1. The molecule has 1 saturated carbocycles. The van der Waals surface area contributed by atoms with E-state index in [2.05, 4.69) is 50.4 Å². The zero-order valence-electron chi connectivity index (χ0n) is 19.2. The third-order valence-electron chi connectivity index (χ3n) is 8.47. The van der Waals surface area contributed by atoms with Crippen molar-refractivity contribution in [3.63, 3.8) is 0 Å². The number of anilines is 2. The molecule has 4 aromatic rings. The van der Waals surface area contributed by atoms with Crippen LogP contribution in [0.5, 0.6) is 0 Å². The number of nitrogens with two attached hydrogens (primary N) is 1. The number of rotatable bonds is 2. The van der Waals surface area contributed by atoms with Crippen molar-refractivity contribution in [2.75, 3.05) is 11.4 Å². The molecule has 7 nitrogen and oxygen atoms in total. The van der Waals surface area contributed by atoms with Gasteiger partial charge in [-0.25, -0.2) is 9.97 Å². The average molecular weight is 452 g/mol. The highest BCUT2D eigenvalue weighted by Gasteiger charge is 2.46. The summed E-state index contributed by atoms with van der Waals surface area (Å²) in [5.74, 6) is 1.27. The van der Waals surface area contributed by atoms with Gasteiger partial charge in [0.05, 0.1) is 17.1 Å². The lowest BCUT2D eigenvalue weighted by Crippen LogP contribution is -2.35. The fraction of sp³-hybridized carbons (Fsp3) is 0.407. The van der Waals surface area contributed by atoms with Crippen LogP contribution < -0.4 is 10.6 Å². The van der Waals surface area contributed by atoms with E-state index in [4.69, 9.17) is 15.7 Å². The van der Waals surface area contributed by atoms with Gasteiger partial charge in [0.1, 0.15) is 0 Å². The molecule has 3 aromatic heterocycles. The van der Waals surface area contributed by atoms with Gasteiger partial charge in [-0.3, -0.25) is 10.1 Å². The number of H-pyrrole nitrogens is 1. The Hall–Kier alpha value is -3.32. The van der Waals surface area contributed by atoms with Crippen molar-refractivity contribution in [3.8, 4) is 0 Å². The summed E-state index contributed by atoms with van der Waals surface area (Å²) in [6.45, 7) is 0.912. The molecule has 1 aromatic carbocycles. The van der Waals surface area contributed by atoms with E-state index in [0.717, 1.165) is 85.5 Å². The minimum Gasteiger partial charge on any atom is -0.323 e. The summed E-state index contributed by atoms with van der Waals surface area (Å²) in [6.07, 6.45) is 11.5. The van der Waals surface area contributed by atoms with Crippen LogP contribution in [-0.4, -0.2) is 31.7 Å². The van der Waals surface area contributed by atoms with Gasteiger partial charge in [0, 0.05) is 30.9 Å². The van der Waals surface area contributed by atoms with E-state index < -0.39 is 0 Å². The third kappa shape index (κ3) is 2.99. The smallest absolute Gasteiger partial charge is 0.183 e. The van der Waals surface area contributed by atoms with Gasteiger partial charge in [0.2, 0.25) is 0 Å². The molecule has 7 heteroatoms. The predicted octanol–water partition coefficient (Wildman–Crippen LogP) is 4.73. The molecular weight excluding hydrogens is 422 g/mol. The largest absolute Gasteiger partial charge is 0.323 e. The normalized spacial score (nSPS) is 26.1. The number of pyridine rings is 1. The second kappa shape index (κ2) is 7.60. The molecule has 1 spiro atoms. The van der Waals surface area contributed by atoms with Crippen LogP contribution in [0.15, 0.2) is 48.8 Å². The summed E-state index contributed by atoms with van der Waals surface area (Å²) < 4.78 is 0. The minimum absolute atomic E-state index is 0.148. The third-order valence-corrected chi connectivity index (χ3v) is 8.47. The SMILES string of the molecule is N[C@H]1c2ccccc2CC12CCC(c1cnc3c(N4CCCc5ncccc54)n[nH]c3n1)CC2. The minimum atomic E-state index is 0.148. The van der Waals surface area contributed by atoms with Crippen molar-refractivity contribution >= 4 is 22.7 Å². The maximum Gasteiger partial charge on any atom is 0.183 e. The van der Waals surface area contributed by atoms with E-state index in [1.165, 1.54) is 11.1 Å². The van der Waals surface area contributed by atoms with Gasteiger partial charge in [-0.1, -0.05) is 24.3 Å². The summed E-state index contributed by atoms with van der Waals surface area (Å²) in [7, 11) is 0. The van der Waals surface area contributed by atoms with Crippen LogP contribution in [0.25, 0.3) is 11.2 Å². The maximum atomic E-state index is 6.77. The average Bonchev–Trinajstić information content (AvgIpc) is 3.43. The Morgan fingerprint density at radius 1 is 1.06 bits per heavy atom. The molecule has 3 N–H and O–H groups in total. The first-order chi connectivity index (χ1) is 16.7. The maximum absolute atomic E-state index is 6.77. The highest BCUT2D eigenvalue weighted by molar-refractivity contribution is 5.86. The number of hydrogen-bond donors (Lipinski definition) is 2. The lowest BCUT2D eigenvalue weighted by atomic mass is 9.66. The van der Waals surface area contributed by atoms with Crippen molar-refractivity contribution in [2.24, 2.45) is 11.1 Å². The Balaban J connectivity index is 1.13. The monoisotopic (exact) mass is 451 g/mol. The number of nitrogens with zero attached hydrogens (tertiary/aromatic N) is 5. The molecular formula is C27H29N7. The van der Waals surface area contributed by atoms with E-state index in [9.17, 15) is 0 Å². The van der Waals surface area contributed by atoms with Gasteiger partial charge in [-0.05, 0) is 73.6 Å². The number of aryl methyl sites for hydroxylation is 1. The number of fused-ring (bicyclic) bond motifs is 3. The summed E-state index contributed by atoms with van der Waals surface area (Å²) in [6, 6.07) is 13.0. The number of aromatic amines is 1. The zero-order valence-corrected chi connectivity index (χ0v) is 19.2. The molecule has 34 heavy (non-hydrogen) atoms. The second-order valence-electron chi connectivity index (χ2n) is 10.3. The van der Waals surface area contributed by atoms with E-state index in [0.29, 0.717) is 5.92 Å². The Bertz CT molecular complexity index is 1370. The topological polar surface area (TPSA) is 96.6 Å². The first kappa shape index (κ1) is 20.1. The summed E-state index contributed by atoms with van der Waals surface area (Å²) in [4.78, 5) is 16.6. The molecule has 0 amide bonds. The van der Waals surface area contributed by atoms with Crippen LogP contribution in [-0.2, 0) is 12.8 Å². The lowest BCUT2D eigenvalue weighted by Gasteiger charge is -2.40. The molecule has 0 radical (unpaired) electrons. The molecule has 0 bridgehead atoms. The van der Waals surface area contributed by atoms with Crippen LogP contribution in [0.3, 0.4) is 0 Å². The molecule has 7 rings (SSSR count). The fourth-order valence-electron chi connectivity index (χ4n) is 6.59. The molecule has 172 valence electrons. The first-order valence-electron chi connectivity index (χ1n) is 12.5. The quantitative estimate of drug-likeness (QED) is 0.457. The first-order valence-corrected chi connectivity index (χ1v) is 12.5. The van der Waals surface area contributed by atoms with E-state index in [1.807, 2.05) is 18.5 Å². The van der Waals surface area contributed by atoms with Crippen LogP contribution in [0.4, 0.5) is 11.5 Å². The highest BCUT2D eigenvalue weighted by atomic mass is 15.3. The molecule has 1 atom stereocenters. The summed E-state index contributed by atoms with van der Waals surface area (Å²) >= 11 is 0. The fourth-order valence-corrected chi connectivity index (χ4v) is 6.59. The molecule has 3 aliphatic rings. The van der Waals surface area contributed by atoms with Gasteiger partial charge in [-0.2, -0.15) is 5.10 Å². The Morgan fingerprint density at radius 3 is 2.82 bits per heavy atom. The Labute approximate surface area is 198 Å². The number of hydrogen-bond acceptors (Lipinski definition) is 6. The lowest BCUT2D eigenvalue weighted by molar-refractivity contribution is 0.148. The predicted molar refractivity (Wildman–Crippen MR) is 132 cm³/mol. The van der Waals surface area contributed by atoms with E-state index >= 15 is 0 Å². The number of benzene rings is 1. The molecule has 0 saturated heterocycles. The van der Waals surface area contributed by atoms with E-state index in [-0.39, 0.29) is 11.5 Å². The summed E-state index contributed by atoms with van der Waals surface area (Å²) in [5, 5.41) is 7.78. The molecule has 1 fully saturated rings. The Morgan fingerprint density at radius 2 is 1.94 bits per heavy atom. The molecule has 1 aliphatic heterocycles. The Kier molecular flexibility index (Phi) is 4.49. The molecule has 2 aliphatic carbocycles. The van der Waals surface area contributed by atoms with Crippen molar-refractivity contribution in [2.45, 2.75) is 56.9 Å². The standard InChI is InChI=1S/C27H29N7/c28-24-19-6-2-1-5-18(19)15-27(24)11-9-17(10-12-27)21-16-30-23-25(31-21)32-33-26(23)34-14-4-7-20-22(34)8-3-13-29-20/h1-3,5-6,8,13,16-17,24H,4,7,9-12,14-15,28H2,(H,31,32,33)/t17?,24-,27?/m0/s1. The van der Waals surface area contributed by atoms with Crippen LogP contribution in [0.1, 0.15) is 66.6 Å². The van der Waals surface area contributed by atoms with Gasteiger partial charge in [-0.15, -0.1) is 0 Å². The van der Waals surface area contributed by atoms with E-state index in [1.54, 1.807) is 0 Å². The van der Waals surface area contributed by atoms with Crippen LogP contribution >= 0.6 is 0 Å². The van der Waals surface area contributed by atoms with Gasteiger partial charge >= 0.3 is 0 Å². The van der Waals surface area contributed by atoms with Crippen molar-refractivity contribution < 1.29 is 0 Å². The van der Waals surface area contributed by atoms with Crippen molar-refractivity contribution in [1.29, 1.82) is 0 Å². The van der Waals surface area contributed by atoms with Crippen LogP contribution in [0, 0.1) is 5.41 Å². The molecule has 4 heterocycles. The van der Waals surface area contributed by atoms with Crippen molar-refractivity contribution in [3.05, 3.63) is 71.3 Å². The summed E-state index contributed by atoms with van der Waals surface area (Å²) in [5.41, 5.74) is 14.7. The van der Waals surface area contributed by atoms with Gasteiger partial charge < -0.3 is 10.6 Å². The van der Waals surface area contributed by atoms with Gasteiger partial charge in [0.25, 0.3) is 0 Å². The zero-order chi connectivity index (χ0) is 22.7. The number of aromatic nitrogens is 5. The highest BCUT2D eigenvalue weighted by Crippen LogP contribution is 2.55. The van der Waals surface area contributed by atoms with Crippen LogP contribution in [0.2, 0.25) is 0 Å². The molecule has 0 unspecified atom stereocenters. The van der Waals surface area contributed by atoms with Crippen molar-refractivity contribution in [1.82, 2.24) is 25.1 Å². The van der Waals surface area contributed by atoms with Gasteiger partial charge in [0.15, 0.2) is 17.0 Å².